The summed E-state index contributed by atoms with van der Waals surface area (Å²) in [6, 6.07) is 5.65. The summed E-state index contributed by atoms with van der Waals surface area (Å²) in [5.41, 5.74) is 3.09. The summed E-state index contributed by atoms with van der Waals surface area (Å²) in [5.74, 6) is -0.312. The number of hydrogen-bond donors (Lipinski definition) is 1. The molecule has 0 aliphatic carbocycles. The monoisotopic (exact) mass is 164 g/mol. The second-order valence-electron chi connectivity index (χ2n) is 2.37. The normalized spacial score (nSPS) is 11.8. The van der Waals surface area contributed by atoms with E-state index in [0.717, 1.165) is 0 Å². The van der Waals surface area contributed by atoms with Crippen LogP contribution in [0.1, 0.15) is 11.7 Å². The molecule has 0 aliphatic heterocycles. The minimum absolute atomic E-state index is 0.312. The molecule has 0 saturated heterocycles. The largest absolute Gasteiger partial charge is 0.384 e. The van der Waals surface area contributed by atoms with Crippen molar-refractivity contribution < 1.29 is 9.50 Å². The van der Waals surface area contributed by atoms with E-state index in [-0.39, 0.29) is 5.82 Å². The van der Waals surface area contributed by atoms with E-state index in [1.54, 1.807) is 0 Å². The van der Waals surface area contributed by atoms with Crippen LogP contribution in [0.3, 0.4) is 0 Å². The zero-order valence-electron chi connectivity index (χ0n) is 6.50. The maximum Gasteiger partial charge on any atom is 0.123 e. The topological polar surface area (TPSA) is 20.2 Å². The van der Waals surface area contributed by atoms with Gasteiger partial charge < -0.3 is 5.11 Å². The van der Waals surface area contributed by atoms with Crippen LogP contribution in [0.4, 0.5) is 4.39 Å². The lowest BCUT2D eigenvalue weighted by Gasteiger charge is -2.03. The van der Waals surface area contributed by atoms with E-state index in [1.807, 2.05) is 0 Å². The Bertz CT molecular complexity index is 296. The van der Waals surface area contributed by atoms with Gasteiger partial charge in [0.25, 0.3) is 0 Å². The first kappa shape index (κ1) is 8.72. The zero-order chi connectivity index (χ0) is 8.97. The lowest BCUT2D eigenvalue weighted by molar-refractivity contribution is 0.229. The lowest BCUT2D eigenvalue weighted by Crippen LogP contribution is -1.91. The Balaban J connectivity index is 2.89. The van der Waals surface area contributed by atoms with Crippen LogP contribution in [0, 0.1) is 5.82 Å². The number of hydrogen-bond acceptors (Lipinski definition) is 1. The Labute approximate surface area is 70.5 Å². The van der Waals surface area contributed by atoms with Crippen LogP contribution in [0.25, 0.3) is 0 Å². The first-order valence-electron chi connectivity index (χ1n) is 3.53. The molecule has 0 heterocycles. The first-order chi connectivity index (χ1) is 5.74. The standard InChI is InChI=1S/C10H9FO/c1-2-3-10(12)8-4-6-9(11)7-5-8/h3-7,10,12H,1H2/t10-/m0/s1. The van der Waals surface area contributed by atoms with E-state index in [1.165, 1.54) is 30.3 Å². The highest BCUT2D eigenvalue weighted by Crippen LogP contribution is 2.13. The van der Waals surface area contributed by atoms with Crippen molar-refractivity contribution in [3.8, 4) is 0 Å². The summed E-state index contributed by atoms with van der Waals surface area (Å²) < 4.78 is 12.4. The molecule has 1 atom stereocenters. The molecule has 12 heavy (non-hydrogen) atoms. The molecule has 0 aliphatic rings. The molecule has 2 heteroatoms. The van der Waals surface area contributed by atoms with Gasteiger partial charge in [-0.15, -0.1) is 5.73 Å². The Kier molecular flexibility index (Phi) is 2.81. The molecule has 0 spiro atoms. The summed E-state index contributed by atoms with van der Waals surface area (Å²) in [7, 11) is 0. The summed E-state index contributed by atoms with van der Waals surface area (Å²) in [6.45, 7) is 3.33. The average molecular weight is 164 g/mol. The van der Waals surface area contributed by atoms with Gasteiger partial charge in [0, 0.05) is 0 Å². The minimum atomic E-state index is -0.747. The Morgan fingerprint density at radius 1 is 1.42 bits per heavy atom. The molecule has 0 fully saturated rings. The van der Waals surface area contributed by atoms with Crippen LogP contribution in [-0.4, -0.2) is 5.11 Å². The van der Waals surface area contributed by atoms with Gasteiger partial charge in [0.05, 0.1) is 0 Å². The van der Waals surface area contributed by atoms with Crippen molar-refractivity contribution in [1.82, 2.24) is 0 Å². The number of halogens is 1. The Morgan fingerprint density at radius 3 is 2.50 bits per heavy atom. The molecule has 1 nitrogen and oxygen atoms in total. The molecule has 1 aromatic rings. The second kappa shape index (κ2) is 3.86. The average Bonchev–Trinajstić information content (AvgIpc) is 2.06. The van der Waals surface area contributed by atoms with Crippen molar-refractivity contribution in [2.75, 3.05) is 0 Å². The minimum Gasteiger partial charge on any atom is -0.384 e. The van der Waals surface area contributed by atoms with Gasteiger partial charge in [-0.3, -0.25) is 0 Å². The SMILES string of the molecule is C=C=C[C@H](O)c1ccc(F)cc1. The number of aliphatic hydroxyl groups excluding tert-OH is 1. The third-order valence-electron chi connectivity index (χ3n) is 1.49. The van der Waals surface area contributed by atoms with E-state index < -0.39 is 6.10 Å². The van der Waals surface area contributed by atoms with Crippen LogP contribution >= 0.6 is 0 Å². The van der Waals surface area contributed by atoms with Crippen molar-refractivity contribution in [1.29, 1.82) is 0 Å². The van der Waals surface area contributed by atoms with E-state index in [2.05, 4.69) is 12.3 Å². The van der Waals surface area contributed by atoms with Crippen molar-refractivity contribution in [2.45, 2.75) is 6.10 Å². The van der Waals surface area contributed by atoms with Crippen molar-refractivity contribution >= 4 is 0 Å². The van der Waals surface area contributed by atoms with E-state index in [9.17, 15) is 9.50 Å². The molecule has 0 aromatic heterocycles. The quantitative estimate of drug-likeness (QED) is 0.664. The van der Waals surface area contributed by atoms with Crippen molar-refractivity contribution in [3.05, 3.63) is 54.0 Å². The number of aliphatic hydroxyl groups is 1. The zero-order valence-corrected chi connectivity index (χ0v) is 6.50. The molecule has 0 bridgehead atoms. The van der Waals surface area contributed by atoms with Crippen molar-refractivity contribution in [2.24, 2.45) is 0 Å². The maximum atomic E-state index is 12.4. The van der Waals surface area contributed by atoms with Crippen molar-refractivity contribution in [3.63, 3.8) is 0 Å². The van der Waals surface area contributed by atoms with Crippen LogP contribution in [0.2, 0.25) is 0 Å². The summed E-state index contributed by atoms with van der Waals surface area (Å²) in [4.78, 5) is 0. The molecule has 1 rings (SSSR count). The fourth-order valence-electron chi connectivity index (χ4n) is 0.868. The fourth-order valence-corrected chi connectivity index (χ4v) is 0.868. The first-order valence-corrected chi connectivity index (χ1v) is 3.53. The molecule has 0 saturated carbocycles. The predicted molar refractivity (Wildman–Crippen MR) is 45.1 cm³/mol. The highest BCUT2D eigenvalue weighted by atomic mass is 19.1. The highest BCUT2D eigenvalue weighted by molar-refractivity contribution is 5.21. The number of benzene rings is 1. The molecule has 0 radical (unpaired) electrons. The maximum absolute atomic E-state index is 12.4. The Morgan fingerprint density at radius 2 is 2.00 bits per heavy atom. The van der Waals surface area contributed by atoms with Gasteiger partial charge in [-0.25, -0.2) is 4.39 Å². The second-order valence-corrected chi connectivity index (χ2v) is 2.37. The molecule has 0 amide bonds. The van der Waals surface area contributed by atoms with Gasteiger partial charge in [0.1, 0.15) is 11.9 Å². The van der Waals surface area contributed by atoms with Crippen LogP contribution in [0.15, 0.2) is 42.7 Å². The molecule has 1 N–H and O–H groups in total. The molecular weight excluding hydrogens is 155 g/mol. The molecule has 0 unspecified atom stereocenters. The summed E-state index contributed by atoms with van der Waals surface area (Å²) >= 11 is 0. The van der Waals surface area contributed by atoms with Gasteiger partial charge in [0.15, 0.2) is 0 Å². The Hall–Kier alpha value is -1.37. The van der Waals surface area contributed by atoms with Crippen LogP contribution in [0.5, 0.6) is 0 Å². The number of rotatable bonds is 2. The lowest BCUT2D eigenvalue weighted by atomic mass is 10.1. The third-order valence-corrected chi connectivity index (χ3v) is 1.49. The third kappa shape index (κ3) is 2.06. The fraction of sp³-hybridized carbons (Fsp3) is 0.100. The molecule has 1 aromatic carbocycles. The van der Waals surface area contributed by atoms with E-state index in [0.29, 0.717) is 5.56 Å². The molecule has 62 valence electrons. The van der Waals surface area contributed by atoms with Gasteiger partial charge in [0.2, 0.25) is 0 Å². The molecular formula is C10H9FO. The highest BCUT2D eigenvalue weighted by Gasteiger charge is 2.01. The van der Waals surface area contributed by atoms with Gasteiger partial charge in [-0.1, -0.05) is 18.7 Å². The smallest absolute Gasteiger partial charge is 0.123 e. The predicted octanol–water partition coefficient (Wildman–Crippen LogP) is 2.20. The van der Waals surface area contributed by atoms with Crippen LogP contribution < -0.4 is 0 Å². The summed E-state index contributed by atoms with van der Waals surface area (Å²) in [5, 5.41) is 9.33. The van der Waals surface area contributed by atoms with Gasteiger partial charge in [-0.2, -0.15) is 0 Å². The van der Waals surface area contributed by atoms with Gasteiger partial charge >= 0.3 is 0 Å². The van der Waals surface area contributed by atoms with Gasteiger partial charge in [-0.05, 0) is 23.8 Å². The van der Waals surface area contributed by atoms with E-state index in [4.69, 9.17) is 0 Å². The van der Waals surface area contributed by atoms with Crippen LogP contribution in [-0.2, 0) is 0 Å². The summed E-state index contributed by atoms with van der Waals surface area (Å²) in [6.07, 6.45) is 0.663. The van der Waals surface area contributed by atoms with E-state index >= 15 is 0 Å².